The van der Waals surface area contributed by atoms with E-state index in [9.17, 15) is 19.7 Å². The summed E-state index contributed by atoms with van der Waals surface area (Å²) < 4.78 is 10.3. The third-order valence-electron chi connectivity index (χ3n) is 6.68. The van der Waals surface area contributed by atoms with Crippen LogP contribution in [0.15, 0.2) is 29.4 Å². The zero-order valence-corrected chi connectivity index (χ0v) is 15.8. The maximum atomic E-state index is 13.0. The Kier molecular flexibility index (Phi) is 3.77. The lowest BCUT2D eigenvalue weighted by molar-refractivity contribution is -0.385. The number of rotatable bonds is 5. The fourth-order valence-electron chi connectivity index (χ4n) is 5.32. The van der Waals surface area contributed by atoms with Crippen LogP contribution in [0.25, 0.3) is 0 Å². The zero-order valence-electron chi connectivity index (χ0n) is 15.8. The van der Waals surface area contributed by atoms with Crippen LogP contribution in [0.4, 0.5) is 5.69 Å². The van der Waals surface area contributed by atoms with Crippen LogP contribution in [0.1, 0.15) is 12.0 Å². The fourth-order valence-corrected chi connectivity index (χ4v) is 5.32. The highest BCUT2D eigenvalue weighted by Gasteiger charge is 2.67. The molecule has 1 aliphatic heterocycles. The molecule has 2 amide bonds. The predicted molar refractivity (Wildman–Crippen MR) is 100 cm³/mol. The van der Waals surface area contributed by atoms with Crippen LogP contribution in [0.2, 0.25) is 0 Å². The van der Waals surface area contributed by atoms with Crippen molar-refractivity contribution in [2.24, 2.45) is 40.6 Å². The van der Waals surface area contributed by atoms with Gasteiger partial charge in [0, 0.05) is 17.7 Å². The number of benzene rings is 1. The number of methoxy groups -OCH3 is 2. The molecule has 0 aromatic heterocycles. The molecule has 1 saturated heterocycles. The van der Waals surface area contributed by atoms with Gasteiger partial charge in [0.05, 0.1) is 37.2 Å². The SMILES string of the molecule is COc1cc(OC)c([N+](=O)[O-])cc1/C=N\N1C(=O)[C@@H]2[C@H]3C=C[C@@H]([C@@H]4C[C@@H]34)[C@H]2C1=O. The number of allylic oxidation sites excluding steroid dienone is 2. The van der Waals surface area contributed by atoms with E-state index < -0.39 is 4.92 Å². The topological polar surface area (TPSA) is 111 Å². The average molecular weight is 397 g/mol. The Balaban J connectivity index is 1.47. The zero-order chi connectivity index (χ0) is 20.4. The molecule has 5 aliphatic rings. The lowest BCUT2D eigenvalue weighted by Crippen LogP contribution is -2.40. The molecular weight excluding hydrogens is 378 g/mol. The first-order chi connectivity index (χ1) is 14.0. The number of ether oxygens (including phenoxy) is 2. The van der Waals surface area contributed by atoms with Gasteiger partial charge in [0.2, 0.25) is 5.75 Å². The van der Waals surface area contributed by atoms with Crippen LogP contribution in [-0.4, -0.2) is 42.2 Å². The number of amides is 2. The highest BCUT2D eigenvalue weighted by atomic mass is 16.6. The summed E-state index contributed by atoms with van der Waals surface area (Å²) in [7, 11) is 2.74. The largest absolute Gasteiger partial charge is 0.496 e. The van der Waals surface area contributed by atoms with E-state index in [-0.39, 0.29) is 58.2 Å². The first-order valence-corrected chi connectivity index (χ1v) is 9.46. The van der Waals surface area contributed by atoms with Crippen molar-refractivity contribution in [3.05, 3.63) is 40.0 Å². The van der Waals surface area contributed by atoms with Crippen molar-refractivity contribution < 1.29 is 24.0 Å². The molecule has 1 aromatic carbocycles. The van der Waals surface area contributed by atoms with Gasteiger partial charge >= 0.3 is 5.69 Å². The number of nitrogens with zero attached hydrogens (tertiary/aromatic N) is 3. The van der Waals surface area contributed by atoms with Gasteiger partial charge in [-0.2, -0.15) is 10.1 Å². The molecule has 1 heterocycles. The van der Waals surface area contributed by atoms with Crippen molar-refractivity contribution in [2.45, 2.75) is 6.42 Å². The highest BCUT2D eigenvalue weighted by molar-refractivity contribution is 6.06. The summed E-state index contributed by atoms with van der Waals surface area (Å²) in [6, 6.07) is 2.63. The predicted octanol–water partition coefficient (Wildman–Crippen LogP) is 2.00. The molecule has 6 atom stereocenters. The van der Waals surface area contributed by atoms with E-state index in [4.69, 9.17) is 9.47 Å². The summed E-state index contributed by atoms with van der Waals surface area (Å²) in [5.41, 5.74) is 0.0178. The Bertz CT molecular complexity index is 966. The van der Waals surface area contributed by atoms with Gasteiger partial charge in [-0.05, 0) is 30.1 Å². The number of nitro groups is 1. The van der Waals surface area contributed by atoms with E-state index in [1.807, 2.05) is 0 Å². The summed E-state index contributed by atoms with van der Waals surface area (Å²) in [6.45, 7) is 0. The van der Waals surface area contributed by atoms with Crippen LogP contribution in [0.3, 0.4) is 0 Å². The lowest BCUT2D eigenvalue weighted by Gasteiger charge is -2.37. The number of imide groups is 1. The maximum absolute atomic E-state index is 13.0. The first kappa shape index (κ1) is 17.8. The summed E-state index contributed by atoms with van der Waals surface area (Å²) >= 11 is 0. The minimum Gasteiger partial charge on any atom is -0.496 e. The molecule has 0 radical (unpaired) electrons. The molecule has 29 heavy (non-hydrogen) atoms. The second kappa shape index (κ2) is 6.13. The molecule has 2 saturated carbocycles. The van der Waals surface area contributed by atoms with Crippen LogP contribution < -0.4 is 9.47 Å². The van der Waals surface area contributed by atoms with E-state index in [0.717, 1.165) is 11.4 Å². The van der Waals surface area contributed by atoms with E-state index in [0.29, 0.717) is 11.8 Å². The number of hydrazone groups is 1. The smallest absolute Gasteiger partial charge is 0.311 e. The second-order valence-electron chi connectivity index (χ2n) is 7.91. The van der Waals surface area contributed by atoms with Crippen molar-refractivity contribution >= 4 is 23.7 Å². The number of carbonyl (C=O) groups excluding carboxylic acids is 2. The number of carbonyl (C=O) groups is 2. The van der Waals surface area contributed by atoms with Crippen LogP contribution in [-0.2, 0) is 9.59 Å². The van der Waals surface area contributed by atoms with Crippen LogP contribution in [0, 0.1) is 45.6 Å². The number of hydrogen-bond donors (Lipinski definition) is 0. The van der Waals surface area contributed by atoms with E-state index in [1.165, 1.54) is 32.6 Å². The van der Waals surface area contributed by atoms with Gasteiger partial charge in [0.15, 0.2) is 0 Å². The molecule has 3 fully saturated rings. The Morgan fingerprint density at radius 3 is 2.17 bits per heavy atom. The number of hydrogen-bond acceptors (Lipinski definition) is 7. The van der Waals surface area contributed by atoms with Gasteiger partial charge in [0.1, 0.15) is 5.75 Å². The highest BCUT2D eigenvalue weighted by Crippen LogP contribution is 2.65. The monoisotopic (exact) mass is 397 g/mol. The quantitative estimate of drug-likeness (QED) is 0.247. The Hall–Kier alpha value is -3.23. The third kappa shape index (κ3) is 2.43. The van der Waals surface area contributed by atoms with Crippen molar-refractivity contribution in [3.63, 3.8) is 0 Å². The molecular formula is C20H19N3O6. The lowest BCUT2D eigenvalue weighted by atomic mass is 9.63. The van der Waals surface area contributed by atoms with Crippen molar-refractivity contribution in [1.29, 1.82) is 0 Å². The molecule has 4 aliphatic carbocycles. The normalized spacial score (nSPS) is 33.8. The average Bonchev–Trinajstić information content (AvgIpc) is 3.50. The van der Waals surface area contributed by atoms with E-state index >= 15 is 0 Å². The standard InChI is InChI=1S/C20H19N3O6/c1-28-15-7-16(29-2)14(23(26)27)5-9(15)8-21-22-19(24)17-10-3-4-11(13-6-12(10)13)18(17)20(22)25/h3-5,7-8,10-13,17-18H,6H2,1-2H3/b21-8-/t10-,11-,12-,13-,17+,18+/m0/s1. The van der Waals surface area contributed by atoms with Gasteiger partial charge in [-0.3, -0.25) is 19.7 Å². The van der Waals surface area contributed by atoms with Crippen LogP contribution >= 0.6 is 0 Å². The molecule has 9 heteroatoms. The van der Waals surface area contributed by atoms with E-state index in [1.54, 1.807) is 0 Å². The molecule has 1 aromatic rings. The molecule has 9 nitrogen and oxygen atoms in total. The van der Waals surface area contributed by atoms with Gasteiger partial charge in [-0.25, -0.2) is 0 Å². The Morgan fingerprint density at radius 2 is 1.66 bits per heavy atom. The molecule has 150 valence electrons. The van der Waals surface area contributed by atoms with Gasteiger partial charge in [0.25, 0.3) is 11.8 Å². The van der Waals surface area contributed by atoms with Crippen molar-refractivity contribution in [2.75, 3.05) is 14.2 Å². The molecule has 6 rings (SSSR count). The summed E-state index contributed by atoms with van der Waals surface area (Å²) in [6.07, 6.45) is 6.53. The van der Waals surface area contributed by atoms with E-state index in [2.05, 4.69) is 17.3 Å². The Labute approximate surface area is 166 Å². The Morgan fingerprint density at radius 1 is 1.07 bits per heavy atom. The molecule has 0 N–H and O–H groups in total. The van der Waals surface area contributed by atoms with Gasteiger partial charge in [-0.15, -0.1) is 0 Å². The minimum absolute atomic E-state index is 0.0465. The maximum Gasteiger partial charge on any atom is 0.311 e. The van der Waals surface area contributed by atoms with Gasteiger partial charge < -0.3 is 9.47 Å². The second-order valence-corrected chi connectivity index (χ2v) is 7.91. The summed E-state index contributed by atoms with van der Waals surface area (Å²) in [4.78, 5) is 36.6. The molecule has 0 spiro atoms. The third-order valence-corrected chi connectivity index (χ3v) is 6.68. The molecule has 2 bridgehead atoms. The molecule has 0 unspecified atom stereocenters. The minimum atomic E-state index is -0.577. The summed E-state index contributed by atoms with van der Waals surface area (Å²) in [5, 5.41) is 16.3. The fraction of sp³-hybridized carbons (Fsp3) is 0.450. The van der Waals surface area contributed by atoms with Crippen molar-refractivity contribution in [3.8, 4) is 11.5 Å². The first-order valence-electron chi connectivity index (χ1n) is 9.46. The summed E-state index contributed by atoms with van der Waals surface area (Å²) in [5.74, 6) is 0.321. The van der Waals surface area contributed by atoms with Crippen molar-refractivity contribution in [1.82, 2.24) is 5.01 Å². The van der Waals surface area contributed by atoms with Gasteiger partial charge in [-0.1, -0.05) is 12.2 Å². The number of nitro benzene ring substituents is 1. The van der Waals surface area contributed by atoms with Crippen LogP contribution in [0.5, 0.6) is 11.5 Å².